The maximum Gasteiger partial charge on any atom is 0.344 e. The summed E-state index contributed by atoms with van der Waals surface area (Å²) in [4.78, 5) is 37.4. The molecule has 3 rings (SSSR count). The molecule has 1 fully saturated rings. The number of carbonyl (C=O) groups is 3. The average molecular weight is 338 g/mol. The molecule has 1 heterocycles. The number of nitrogens with one attached hydrogen (secondary N) is 2. The van der Waals surface area contributed by atoms with Gasteiger partial charge in [0.2, 0.25) is 5.91 Å². The van der Waals surface area contributed by atoms with Crippen molar-refractivity contribution in [3.05, 3.63) is 71.8 Å². The van der Waals surface area contributed by atoms with Gasteiger partial charge in [0.1, 0.15) is 0 Å². The lowest BCUT2D eigenvalue weighted by molar-refractivity contribution is -0.130. The van der Waals surface area contributed by atoms with Crippen LogP contribution in [0.5, 0.6) is 0 Å². The van der Waals surface area contributed by atoms with Gasteiger partial charge in [-0.2, -0.15) is 0 Å². The molecule has 1 aliphatic heterocycles. The third-order valence-electron chi connectivity index (χ3n) is 4.08. The average Bonchev–Trinajstić information content (AvgIpc) is 2.87. The first-order valence-electron chi connectivity index (χ1n) is 7.87. The van der Waals surface area contributed by atoms with Crippen molar-refractivity contribution in [3.63, 3.8) is 0 Å². The van der Waals surface area contributed by atoms with Gasteiger partial charge in [-0.25, -0.2) is 9.80 Å². The molecule has 0 aromatic heterocycles. The number of amides is 4. The summed E-state index contributed by atoms with van der Waals surface area (Å²) in [6.45, 7) is 0.138. The van der Waals surface area contributed by atoms with E-state index in [1.807, 2.05) is 12.1 Å². The van der Waals surface area contributed by atoms with Gasteiger partial charge in [0, 0.05) is 13.0 Å². The summed E-state index contributed by atoms with van der Waals surface area (Å²) >= 11 is 0. The van der Waals surface area contributed by atoms with Gasteiger partial charge in [-0.05, 0) is 11.1 Å². The van der Waals surface area contributed by atoms with Crippen LogP contribution in [0, 0.1) is 0 Å². The first-order valence-corrected chi connectivity index (χ1v) is 7.87. The Morgan fingerprint density at radius 3 is 2.00 bits per heavy atom. The highest BCUT2D eigenvalue weighted by Gasteiger charge is 2.56. The van der Waals surface area contributed by atoms with Crippen LogP contribution in [-0.2, 0) is 15.1 Å². The van der Waals surface area contributed by atoms with Crippen LogP contribution in [0.4, 0.5) is 4.79 Å². The molecule has 0 aliphatic carbocycles. The zero-order valence-electron chi connectivity index (χ0n) is 13.4. The van der Waals surface area contributed by atoms with Crippen molar-refractivity contribution >= 4 is 17.8 Å². The molecule has 7 nitrogen and oxygen atoms in total. The third-order valence-corrected chi connectivity index (χ3v) is 4.08. The molecule has 25 heavy (non-hydrogen) atoms. The number of imide groups is 1. The van der Waals surface area contributed by atoms with Crippen molar-refractivity contribution in [3.8, 4) is 0 Å². The Labute approximate surface area is 144 Å². The van der Waals surface area contributed by atoms with Gasteiger partial charge in [-0.3, -0.25) is 20.3 Å². The van der Waals surface area contributed by atoms with Crippen molar-refractivity contribution < 1.29 is 14.4 Å². The Morgan fingerprint density at radius 1 is 1.00 bits per heavy atom. The minimum Gasteiger partial charge on any atom is -0.330 e. The highest BCUT2D eigenvalue weighted by molar-refractivity contribution is 6.10. The maximum atomic E-state index is 12.9. The molecule has 0 saturated carbocycles. The predicted molar refractivity (Wildman–Crippen MR) is 90.9 cm³/mol. The van der Waals surface area contributed by atoms with Crippen LogP contribution < -0.4 is 16.5 Å². The normalized spacial score (nSPS) is 15.8. The Morgan fingerprint density at radius 2 is 1.52 bits per heavy atom. The summed E-state index contributed by atoms with van der Waals surface area (Å²) in [5, 5.41) is 3.36. The zero-order valence-corrected chi connectivity index (χ0v) is 13.4. The molecule has 7 heteroatoms. The van der Waals surface area contributed by atoms with Crippen LogP contribution in [0.3, 0.4) is 0 Å². The topological polar surface area (TPSA) is 105 Å². The van der Waals surface area contributed by atoms with E-state index in [0.717, 1.165) is 5.01 Å². The number of urea groups is 1. The Balaban J connectivity index is 2.19. The van der Waals surface area contributed by atoms with Gasteiger partial charge in [-0.15, -0.1) is 0 Å². The number of hydrogen-bond acceptors (Lipinski definition) is 4. The minimum absolute atomic E-state index is 0.0393. The van der Waals surface area contributed by atoms with Gasteiger partial charge in [0.15, 0.2) is 5.54 Å². The van der Waals surface area contributed by atoms with Crippen LogP contribution in [-0.4, -0.2) is 29.4 Å². The third kappa shape index (κ3) is 2.74. The quantitative estimate of drug-likeness (QED) is 0.703. The van der Waals surface area contributed by atoms with E-state index < -0.39 is 23.4 Å². The van der Waals surface area contributed by atoms with Crippen LogP contribution in [0.25, 0.3) is 0 Å². The monoisotopic (exact) mass is 338 g/mol. The van der Waals surface area contributed by atoms with E-state index in [2.05, 4.69) is 10.7 Å². The van der Waals surface area contributed by atoms with Crippen molar-refractivity contribution in [2.45, 2.75) is 12.0 Å². The van der Waals surface area contributed by atoms with E-state index in [1.165, 1.54) is 0 Å². The van der Waals surface area contributed by atoms with Crippen LogP contribution >= 0.6 is 0 Å². The molecule has 2 aromatic rings. The summed E-state index contributed by atoms with van der Waals surface area (Å²) in [5.41, 5.74) is 7.59. The fraction of sp³-hybridized carbons (Fsp3) is 0.167. The Kier molecular flexibility index (Phi) is 4.49. The number of hydrazine groups is 1. The summed E-state index contributed by atoms with van der Waals surface area (Å²) in [6, 6.07) is 17.0. The van der Waals surface area contributed by atoms with E-state index in [-0.39, 0.29) is 13.0 Å². The molecular formula is C18H18N4O3. The first-order chi connectivity index (χ1) is 12.1. The van der Waals surface area contributed by atoms with Gasteiger partial charge in [-0.1, -0.05) is 60.7 Å². The molecule has 4 amide bonds. The van der Waals surface area contributed by atoms with Crippen molar-refractivity contribution in [2.24, 2.45) is 5.73 Å². The Hall–Kier alpha value is -3.19. The fourth-order valence-electron chi connectivity index (χ4n) is 2.99. The van der Waals surface area contributed by atoms with E-state index in [1.54, 1.807) is 48.5 Å². The van der Waals surface area contributed by atoms with Gasteiger partial charge < -0.3 is 5.73 Å². The summed E-state index contributed by atoms with van der Waals surface area (Å²) in [7, 11) is 0. The summed E-state index contributed by atoms with van der Waals surface area (Å²) < 4.78 is 0. The lowest BCUT2D eigenvalue weighted by Gasteiger charge is -2.35. The van der Waals surface area contributed by atoms with Crippen LogP contribution in [0.1, 0.15) is 17.5 Å². The lowest BCUT2D eigenvalue weighted by Crippen LogP contribution is -2.56. The zero-order chi connectivity index (χ0) is 17.9. The number of rotatable bonds is 5. The molecule has 2 aromatic carbocycles. The second-order valence-corrected chi connectivity index (χ2v) is 5.61. The summed E-state index contributed by atoms with van der Waals surface area (Å²) in [5.74, 6) is -0.966. The number of nitrogens with two attached hydrogens (primary N) is 1. The Bertz CT molecular complexity index is 753. The predicted octanol–water partition coefficient (Wildman–Crippen LogP) is 0.862. The van der Waals surface area contributed by atoms with Gasteiger partial charge in [0.05, 0.1) is 0 Å². The first kappa shape index (κ1) is 16.7. The molecule has 0 radical (unpaired) electrons. The van der Waals surface area contributed by atoms with Gasteiger partial charge in [0.25, 0.3) is 5.91 Å². The second-order valence-electron chi connectivity index (χ2n) is 5.61. The van der Waals surface area contributed by atoms with Crippen molar-refractivity contribution in [1.29, 1.82) is 0 Å². The fourth-order valence-corrected chi connectivity index (χ4v) is 2.99. The molecule has 0 spiro atoms. The molecule has 0 unspecified atom stereocenters. The van der Waals surface area contributed by atoms with Crippen LogP contribution in [0.2, 0.25) is 0 Å². The van der Waals surface area contributed by atoms with E-state index in [0.29, 0.717) is 11.1 Å². The molecule has 4 N–H and O–H groups in total. The number of carbonyl (C=O) groups excluding carboxylic acids is 3. The SMILES string of the molecule is NCCC(=O)NN1C(=O)NC(=O)C1(c1ccccc1)c1ccccc1. The number of nitrogens with zero attached hydrogens (tertiary/aromatic N) is 1. The van der Waals surface area contributed by atoms with Gasteiger partial charge >= 0.3 is 6.03 Å². The van der Waals surface area contributed by atoms with E-state index >= 15 is 0 Å². The molecule has 128 valence electrons. The summed E-state index contributed by atoms with van der Waals surface area (Å²) in [6.07, 6.45) is 0.0393. The maximum absolute atomic E-state index is 12.9. The second kappa shape index (κ2) is 6.74. The standard InChI is InChI=1S/C18H18N4O3/c19-12-11-15(23)21-22-17(25)20-16(24)18(22,13-7-3-1-4-8-13)14-9-5-2-6-10-14/h1-10H,11-12,19H2,(H,21,23)(H,20,24,25). The molecule has 0 bridgehead atoms. The molecule has 0 atom stereocenters. The molecule has 1 aliphatic rings. The lowest BCUT2D eigenvalue weighted by atomic mass is 9.82. The largest absolute Gasteiger partial charge is 0.344 e. The number of hydrogen-bond donors (Lipinski definition) is 3. The van der Waals surface area contributed by atoms with Crippen molar-refractivity contribution in [2.75, 3.05) is 6.54 Å². The highest BCUT2D eigenvalue weighted by atomic mass is 16.2. The molecular weight excluding hydrogens is 320 g/mol. The minimum atomic E-state index is -1.48. The van der Waals surface area contributed by atoms with Crippen molar-refractivity contribution in [1.82, 2.24) is 15.8 Å². The van der Waals surface area contributed by atoms with Crippen LogP contribution in [0.15, 0.2) is 60.7 Å². The van der Waals surface area contributed by atoms with E-state index in [4.69, 9.17) is 5.73 Å². The smallest absolute Gasteiger partial charge is 0.330 e. The van der Waals surface area contributed by atoms with E-state index in [9.17, 15) is 14.4 Å². The molecule has 1 saturated heterocycles. The number of benzene rings is 2. The highest BCUT2D eigenvalue weighted by Crippen LogP contribution is 2.38.